The van der Waals surface area contributed by atoms with Gasteiger partial charge in [-0.05, 0) is 62.8 Å². The number of rotatable bonds is 7. The fourth-order valence-electron chi connectivity index (χ4n) is 4.31. The lowest BCUT2D eigenvalue weighted by Gasteiger charge is -2.34. The zero-order valence-corrected chi connectivity index (χ0v) is 19.6. The largest absolute Gasteiger partial charge is 0.401 e. The van der Waals surface area contributed by atoms with E-state index in [9.17, 15) is 0 Å². The summed E-state index contributed by atoms with van der Waals surface area (Å²) in [6, 6.07) is 10.7. The number of benzene rings is 1. The minimum Gasteiger partial charge on any atom is -0.401 e. The maximum Gasteiger partial charge on any atom is 0.163 e. The van der Waals surface area contributed by atoms with Crippen molar-refractivity contribution in [3.63, 3.8) is 0 Å². The van der Waals surface area contributed by atoms with Crippen molar-refractivity contribution in [1.82, 2.24) is 14.6 Å². The van der Waals surface area contributed by atoms with Crippen LogP contribution in [0.25, 0.3) is 5.65 Å². The summed E-state index contributed by atoms with van der Waals surface area (Å²) in [5.41, 5.74) is 15.0. The van der Waals surface area contributed by atoms with Crippen LogP contribution in [-0.4, -0.2) is 34.4 Å². The average Bonchev–Trinajstić information content (AvgIpc) is 3.57. The van der Waals surface area contributed by atoms with Gasteiger partial charge in [-0.1, -0.05) is 36.4 Å². The van der Waals surface area contributed by atoms with Crippen molar-refractivity contribution < 1.29 is 0 Å². The van der Waals surface area contributed by atoms with E-state index in [1.807, 2.05) is 17.4 Å². The van der Waals surface area contributed by atoms with Crippen LogP contribution in [0.4, 0.5) is 5.69 Å². The molecule has 2 aromatic heterocycles. The van der Waals surface area contributed by atoms with E-state index in [2.05, 4.69) is 84.1 Å². The van der Waals surface area contributed by atoms with Crippen molar-refractivity contribution in [2.45, 2.75) is 39.7 Å². The maximum absolute atomic E-state index is 6.79. The van der Waals surface area contributed by atoms with Crippen LogP contribution in [0.2, 0.25) is 0 Å². The smallest absolute Gasteiger partial charge is 0.163 e. The quantitative estimate of drug-likeness (QED) is 0.553. The Labute approximate surface area is 190 Å². The molecule has 166 valence electrons. The molecule has 0 amide bonds. The molecular formula is C26H32N6. The summed E-state index contributed by atoms with van der Waals surface area (Å²) in [7, 11) is 3.92. The van der Waals surface area contributed by atoms with Gasteiger partial charge in [-0.15, -0.1) is 10.2 Å². The summed E-state index contributed by atoms with van der Waals surface area (Å²) in [6.45, 7) is 10.2. The standard InChI is InChI=1S/C26H32N6/c1-7-22(28-5)23(24(27)19-12-13-19)25(20-10-8-16(2)9-11-20)31(6)21-14-17(3)26-30-29-18(4)32(26)15-21/h7-11,14-15,19,25H,1,12-13,27H2,2-6H3. The van der Waals surface area contributed by atoms with Crippen molar-refractivity contribution in [3.05, 3.63) is 83.0 Å². The molecule has 1 fully saturated rings. The molecule has 4 rings (SSSR count). The first-order valence-electron chi connectivity index (χ1n) is 11.1. The fourth-order valence-corrected chi connectivity index (χ4v) is 4.31. The van der Waals surface area contributed by atoms with E-state index in [4.69, 9.17) is 5.73 Å². The molecule has 2 N–H and O–H groups in total. The lowest BCUT2D eigenvalue weighted by Crippen LogP contribution is -2.31. The Kier molecular flexibility index (Phi) is 5.87. The molecule has 1 atom stereocenters. The molecule has 1 aliphatic carbocycles. The van der Waals surface area contributed by atoms with Crippen molar-refractivity contribution >= 4 is 17.0 Å². The van der Waals surface area contributed by atoms with Crippen LogP contribution >= 0.6 is 0 Å². The number of nitrogens with zero attached hydrogens (tertiary/aromatic N) is 5. The number of hydrogen-bond donors (Lipinski definition) is 1. The molecule has 1 unspecified atom stereocenters. The second-order valence-electron chi connectivity index (χ2n) is 8.70. The Bertz CT molecular complexity index is 1210. The number of hydrogen-bond acceptors (Lipinski definition) is 5. The average molecular weight is 429 g/mol. The van der Waals surface area contributed by atoms with Gasteiger partial charge in [0.15, 0.2) is 5.65 Å². The normalized spacial score (nSPS) is 16.1. The predicted octanol–water partition coefficient (Wildman–Crippen LogP) is 4.71. The molecule has 6 nitrogen and oxygen atoms in total. The molecule has 2 heterocycles. The number of pyridine rings is 1. The predicted molar refractivity (Wildman–Crippen MR) is 132 cm³/mol. The number of likely N-dealkylation sites (N-methyl/N-ethyl adjacent to an activating group) is 1. The van der Waals surface area contributed by atoms with Gasteiger partial charge in [-0.2, -0.15) is 0 Å². The molecule has 0 spiro atoms. The van der Waals surface area contributed by atoms with Gasteiger partial charge in [-0.3, -0.25) is 9.39 Å². The Morgan fingerprint density at radius 2 is 1.91 bits per heavy atom. The topological polar surface area (TPSA) is 71.8 Å². The van der Waals surface area contributed by atoms with Crippen LogP contribution in [0.15, 0.2) is 65.4 Å². The molecule has 1 aromatic carbocycles. The summed E-state index contributed by atoms with van der Waals surface area (Å²) in [4.78, 5) is 6.83. The van der Waals surface area contributed by atoms with Gasteiger partial charge in [-0.25, -0.2) is 0 Å². The molecule has 32 heavy (non-hydrogen) atoms. The van der Waals surface area contributed by atoms with Gasteiger partial charge in [0.1, 0.15) is 5.82 Å². The van der Waals surface area contributed by atoms with Crippen LogP contribution < -0.4 is 10.6 Å². The molecule has 6 heteroatoms. The van der Waals surface area contributed by atoms with Gasteiger partial charge in [0, 0.05) is 31.6 Å². The van der Waals surface area contributed by atoms with Crippen LogP contribution in [0.1, 0.15) is 41.4 Å². The number of aliphatic imine (C=N–C) groups is 1. The third-order valence-corrected chi connectivity index (χ3v) is 6.34. The lowest BCUT2D eigenvalue weighted by atomic mass is 9.90. The van der Waals surface area contributed by atoms with Gasteiger partial charge >= 0.3 is 0 Å². The summed E-state index contributed by atoms with van der Waals surface area (Å²) >= 11 is 0. The molecular weight excluding hydrogens is 396 g/mol. The van der Waals surface area contributed by atoms with Gasteiger partial charge in [0.05, 0.1) is 17.4 Å². The first-order chi connectivity index (χ1) is 15.3. The monoisotopic (exact) mass is 428 g/mol. The van der Waals surface area contributed by atoms with E-state index in [-0.39, 0.29) is 6.04 Å². The highest BCUT2D eigenvalue weighted by molar-refractivity contribution is 6.10. The first-order valence-corrected chi connectivity index (χ1v) is 11.1. The van der Waals surface area contributed by atoms with E-state index in [1.54, 1.807) is 7.05 Å². The number of aromatic nitrogens is 3. The Morgan fingerprint density at radius 3 is 2.50 bits per heavy atom. The lowest BCUT2D eigenvalue weighted by molar-refractivity contribution is 0.761. The molecule has 1 saturated carbocycles. The van der Waals surface area contributed by atoms with Crippen LogP contribution in [0, 0.1) is 26.7 Å². The highest BCUT2D eigenvalue weighted by Crippen LogP contribution is 2.41. The molecule has 3 aromatic rings. The number of fused-ring (bicyclic) bond motifs is 1. The molecule has 1 aliphatic rings. The SMILES string of the molecule is C=CC(=NC)C(=C(N)C1CC1)C(c1ccc(C)cc1)N(C)c1cc(C)c2nnc(C)n2c1. The minimum absolute atomic E-state index is 0.110. The van der Waals surface area contributed by atoms with E-state index < -0.39 is 0 Å². The van der Waals surface area contributed by atoms with Crippen molar-refractivity contribution in [2.75, 3.05) is 19.0 Å². The van der Waals surface area contributed by atoms with Crippen LogP contribution in [-0.2, 0) is 0 Å². The third-order valence-electron chi connectivity index (χ3n) is 6.34. The number of allylic oxidation sites excluding steroid dienone is 2. The highest BCUT2D eigenvalue weighted by Gasteiger charge is 2.33. The van der Waals surface area contributed by atoms with Gasteiger partial charge < -0.3 is 10.6 Å². The molecule has 0 radical (unpaired) electrons. The molecule has 0 saturated heterocycles. The van der Waals surface area contributed by atoms with E-state index in [1.165, 1.54) is 5.56 Å². The van der Waals surface area contributed by atoms with Crippen LogP contribution in [0.3, 0.4) is 0 Å². The third kappa shape index (κ3) is 3.93. The van der Waals surface area contributed by atoms with Crippen LogP contribution in [0.5, 0.6) is 0 Å². The summed E-state index contributed by atoms with van der Waals surface area (Å²) in [5, 5.41) is 8.57. The Balaban J connectivity index is 1.93. The van der Waals surface area contributed by atoms with E-state index in [0.717, 1.165) is 58.1 Å². The zero-order chi connectivity index (χ0) is 23.0. The summed E-state index contributed by atoms with van der Waals surface area (Å²) in [6.07, 6.45) is 6.16. The summed E-state index contributed by atoms with van der Waals surface area (Å²) in [5.74, 6) is 1.27. The zero-order valence-electron chi connectivity index (χ0n) is 19.6. The van der Waals surface area contributed by atoms with E-state index >= 15 is 0 Å². The van der Waals surface area contributed by atoms with Gasteiger partial charge in [0.25, 0.3) is 0 Å². The number of anilines is 1. The first kappa shape index (κ1) is 21.8. The molecule has 0 aliphatic heterocycles. The second kappa shape index (κ2) is 8.61. The Morgan fingerprint density at radius 1 is 1.22 bits per heavy atom. The summed E-state index contributed by atoms with van der Waals surface area (Å²) < 4.78 is 2.04. The fraction of sp³-hybridized carbons (Fsp3) is 0.346. The maximum atomic E-state index is 6.79. The van der Waals surface area contributed by atoms with Crippen molar-refractivity contribution in [3.8, 4) is 0 Å². The van der Waals surface area contributed by atoms with Gasteiger partial charge in [0.2, 0.25) is 0 Å². The number of nitrogens with two attached hydrogens (primary N) is 1. The van der Waals surface area contributed by atoms with Crippen molar-refractivity contribution in [2.24, 2.45) is 16.6 Å². The highest BCUT2D eigenvalue weighted by atomic mass is 15.3. The Hall–Kier alpha value is -3.41. The molecule has 0 bridgehead atoms. The van der Waals surface area contributed by atoms with E-state index in [0.29, 0.717) is 5.92 Å². The van der Waals surface area contributed by atoms with Crippen molar-refractivity contribution in [1.29, 1.82) is 0 Å². The minimum atomic E-state index is -0.110. The number of aryl methyl sites for hydroxylation is 3. The second-order valence-corrected chi connectivity index (χ2v) is 8.70.